The van der Waals surface area contributed by atoms with Crippen LogP contribution in [-0.2, 0) is 9.53 Å². The number of morpholine rings is 1. The van der Waals surface area contributed by atoms with Crippen LogP contribution in [0.3, 0.4) is 0 Å². The molecule has 2 aromatic carbocycles. The van der Waals surface area contributed by atoms with Crippen molar-refractivity contribution in [3.05, 3.63) is 47.0 Å². The molecule has 1 amide bonds. The van der Waals surface area contributed by atoms with Gasteiger partial charge < -0.3 is 24.6 Å². The van der Waals surface area contributed by atoms with Gasteiger partial charge in [0.2, 0.25) is 5.91 Å². The molecule has 2 N–H and O–H groups in total. The fraction of sp³-hybridized carbons (Fsp3) is 0.435. The molecule has 2 aliphatic rings. The van der Waals surface area contributed by atoms with E-state index >= 15 is 0 Å². The lowest BCUT2D eigenvalue weighted by Crippen LogP contribution is -2.38. The Morgan fingerprint density at radius 1 is 1.23 bits per heavy atom. The number of rotatable bonds is 6. The van der Waals surface area contributed by atoms with Gasteiger partial charge in [0.05, 0.1) is 20.3 Å². The van der Waals surface area contributed by atoms with Gasteiger partial charge in [-0.2, -0.15) is 0 Å². The summed E-state index contributed by atoms with van der Waals surface area (Å²) in [5, 5.41) is 13.0. The Balaban J connectivity index is 1.64. The number of aryl methyl sites for hydroxylation is 1. The number of para-hydroxylation sites is 1. The molecule has 7 heteroatoms. The Morgan fingerprint density at radius 3 is 2.80 bits per heavy atom. The number of amides is 1. The predicted molar refractivity (Wildman–Crippen MR) is 114 cm³/mol. The Morgan fingerprint density at radius 2 is 2.03 bits per heavy atom. The third-order valence-electron chi connectivity index (χ3n) is 5.77. The minimum Gasteiger partial charge on any atom is -0.508 e. The average Bonchev–Trinajstić information content (AvgIpc) is 2.75. The highest BCUT2D eigenvalue weighted by Gasteiger charge is 2.30. The van der Waals surface area contributed by atoms with E-state index in [1.165, 1.54) is 0 Å². The number of nitrogens with zero attached hydrogens (tertiary/aromatic N) is 1. The third-order valence-corrected chi connectivity index (χ3v) is 5.77. The van der Waals surface area contributed by atoms with E-state index in [-0.39, 0.29) is 17.6 Å². The normalized spacial score (nSPS) is 19.1. The molecule has 1 saturated heterocycles. The first kappa shape index (κ1) is 20.5. The van der Waals surface area contributed by atoms with E-state index < -0.39 is 0 Å². The number of ether oxygens (including phenoxy) is 3. The molecule has 30 heavy (non-hydrogen) atoms. The Hall–Kier alpha value is -2.77. The van der Waals surface area contributed by atoms with Crippen molar-refractivity contribution in [2.24, 2.45) is 0 Å². The van der Waals surface area contributed by atoms with Crippen molar-refractivity contribution in [3.63, 3.8) is 0 Å². The van der Waals surface area contributed by atoms with Gasteiger partial charge in [-0.05, 0) is 30.2 Å². The lowest BCUT2D eigenvalue weighted by Gasteiger charge is -2.29. The second-order valence-electron chi connectivity index (χ2n) is 7.71. The lowest BCUT2D eigenvalue weighted by atomic mass is 9.83. The number of hydrogen-bond donors (Lipinski definition) is 2. The quantitative estimate of drug-likeness (QED) is 0.760. The first-order valence-corrected chi connectivity index (χ1v) is 10.3. The Kier molecular flexibility index (Phi) is 6.11. The van der Waals surface area contributed by atoms with Gasteiger partial charge in [-0.3, -0.25) is 9.69 Å². The lowest BCUT2D eigenvalue weighted by molar-refractivity contribution is -0.116. The van der Waals surface area contributed by atoms with Crippen molar-refractivity contribution in [2.45, 2.75) is 19.3 Å². The van der Waals surface area contributed by atoms with Gasteiger partial charge in [0, 0.05) is 49.3 Å². The highest BCUT2D eigenvalue weighted by Crippen LogP contribution is 2.45. The zero-order chi connectivity index (χ0) is 21.1. The molecule has 0 spiro atoms. The number of phenolic OH excluding ortho intramolecular Hbond substituents is 1. The number of carbonyl (C=O) groups is 1. The zero-order valence-corrected chi connectivity index (χ0v) is 17.4. The summed E-state index contributed by atoms with van der Waals surface area (Å²) in [6.45, 7) is 6.49. The van der Waals surface area contributed by atoms with E-state index in [1.807, 2.05) is 31.2 Å². The second-order valence-corrected chi connectivity index (χ2v) is 7.71. The van der Waals surface area contributed by atoms with Crippen LogP contribution in [0.5, 0.6) is 17.2 Å². The van der Waals surface area contributed by atoms with E-state index in [1.54, 1.807) is 13.2 Å². The van der Waals surface area contributed by atoms with Crippen LogP contribution >= 0.6 is 0 Å². The zero-order valence-electron chi connectivity index (χ0n) is 17.4. The number of nitrogens with one attached hydrogen (secondary N) is 1. The number of fused-ring (bicyclic) bond motifs is 1. The van der Waals surface area contributed by atoms with Crippen LogP contribution in [0.2, 0.25) is 0 Å². The van der Waals surface area contributed by atoms with Crippen LogP contribution in [0.15, 0.2) is 30.3 Å². The molecule has 0 aliphatic carbocycles. The summed E-state index contributed by atoms with van der Waals surface area (Å²) < 4.78 is 17.2. The number of anilines is 1. The number of phenols is 1. The number of hydrogen-bond acceptors (Lipinski definition) is 6. The van der Waals surface area contributed by atoms with Crippen molar-refractivity contribution in [2.75, 3.05) is 51.9 Å². The minimum absolute atomic E-state index is 0.0853. The molecule has 2 heterocycles. The smallest absolute Gasteiger partial charge is 0.225 e. The van der Waals surface area contributed by atoms with E-state index in [0.29, 0.717) is 30.2 Å². The van der Waals surface area contributed by atoms with Crippen molar-refractivity contribution in [1.29, 1.82) is 0 Å². The summed E-state index contributed by atoms with van der Waals surface area (Å²) in [6.07, 6.45) is 0.310. The number of benzene rings is 2. The van der Waals surface area contributed by atoms with E-state index in [0.717, 1.165) is 49.5 Å². The third kappa shape index (κ3) is 4.22. The average molecular weight is 412 g/mol. The largest absolute Gasteiger partial charge is 0.508 e. The summed E-state index contributed by atoms with van der Waals surface area (Å²) in [6, 6.07) is 9.34. The fourth-order valence-corrected chi connectivity index (χ4v) is 4.11. The molecule has 0 aromatic heterocycles. The molecule has 7 nitrogen and oxygen atoms in total. The Labute approximate surface area is 176 Å². The topological polar surface area (TPSA) is 80.3 Å². The molecule has 0 saturated carbocycles. The molecule has 0 radical (unpaired) electrons. The van der Waals surface area contributed by atoms with Gasteiger partial charge in [-0.1, -0.05) is 12.1 Å². The summed E-state index contributed by atoms with van der Waals surface area (Å²) >= 11 is 0. The van der Waals surface area contributed by atoms with Crippen LogP contribution in [0.25, 0.3) is 0 Å². The van der Waals surface area contributed by atoms with Gasteiger partial charge in [0.1, 0.15) is 12.4 Å². The molecule has 1 unspecified atom stereocenters. The summed E-state index contributed by atoms with van der Waals surface area (Å²) in [7, 11) is 1.62. The molecule has 2 aromatic rings. The van der Waals surface area contributed by atoms with Crippen molar-refractivity contribution in [3.8, 4) is 17.2 Å². The Bertz CT molecular complexity index is 924. The van der Waals surface area contributed by atoms with E-state index in [4.69, 9.17) is 14.2 Å². The molecular formula is C23H28N2O5. The van der Waals surface area contributed by atoms with Crippen LogP contribution < -0.4 is 14.8 Å². The maximum atomic E-state index is 12.4. The molecule has 4 rings (SSSR count). The molecule has 0 bridgehead atoms. The summed E-state index contributed by atoms with van der Waals surface area (Å²) in [5.74, 6) is 1.23. The highest BCUT2D eigenvalue weighted by molar-refractivity contribution is 5.96. The predicted octanol–water partition coefficient (Wildman–Crippen LogP) is 2.89. The maximum Gasteiger partial charge on any atom is 0.225 e. The van der Waals surface area contributed by atoms with Crippen molar-refractivity contribution in [1.82, 2.24) is 4.90 Å². The van der Waals surface area contributed by atoms with Crippen molar-refractivity contribution >= 4 is 11.6 Å². The van der Waals surface area contributed by atoms with Gasteiger partial charge >= 0.3 is 0 Å². The number of carbonyl (C=O) groups excluding carboxylic acids is 1. The van der Waals surface area contributed by atoms with Gasteiger partial charge in [0.25, 0.3) is 0 Å². The highest BCUT2D eigenvalue weighted by atomic mass is 16.5. The number of aromatic hydroxyl groups is 1. The van der Waals surface area contributed by atoms with Crippen LogP contribution in [-0.4, -0.2) is 62.5 Å². The monoisotopic (exact) mass is 412 g/mol. The number of methoxy groups -OCH3 is 1. The first-order chi connectivity index (χ1) is 14.6. The van der Waals surface area contributed by atoms with Gasteiger partial charge in [-0.15, -0.1) is 0 Å². The SMILES string of the molecule is COc1cccc(C2CC(=O)Nc3cc(O)c(C)cc32)c1OCCN1CCOCC1. The van der Waals surface area contributed by atoms with Crippen LogP contribution in [0, 0.1) is 6.92 Å². The van der Waals surface area contributed by atoms with Crippen LogP contribution in [0.1, 0.15) is 29.0 Å². The molecule has 2 aliphatic heterocycles. The van der Waals surface area contributed by atoms with Gasteiger partial charge in [-0.25, -0.2) is 0 Å². The standard InChI is InChI=1S/C23H28N2O5/c1-15-12-18-17(13-22(27)24-19(18)14-20(15)26)16-4-3-5-21(28-2)23(16)30-11-8-25-6-9-29-10-7-25/h3-5,12,14,17,26H,6-11,13H2,1-2H3,(H,24,27). The molecular weight excluding hydrogens is 384 g/mol. The van der Waals surface area contributed by atoms with E-state index in [9.17, 15) is 9.90 Å². The minimum atomic E-state index is -0.179. The molecule has 1 atom stereocenters. The second kappa shape index (κ2) is 8.93. The fourth-order valence-electron chi connectivity index (χ4n) is 4.11. The molecule has 1 fully saturated rings. The summed E-state index contributed by atoms with van der Waals surface area (Å²) in [5.41, 5.74) is 3.29. The maximum absolute atomic E-state index is 12.4. The van der Waals surface area contributed by atoms with E-state index in [2.05, 4.69) is 10.2 Å². The first-order valence-electron chi connectivity index (χ1n) is 10.3. The summed E-state index contributed by atoms with van der Waals surface area (Å²) in [4.78, 5) is 14.7. The van der Waals surface area contributed by atoms with Crippen molar-refractivity contribution < 1.29 is 24.1 Å². The van der Waals surface area contributed by atoms with Crippen LogP contribution in [0.4, 0.5) is 5.69 Å². The van der Waals surface area contributed by atoms with Gasteiger partial charge in [0.15, 0.2) is 11.5 Å². The molecule has 160 valence electrons.